The zero-order valence-electron chi connectivity index (χ0n) is 23.1. The van der Waals surface area contributed by atoms with Crippen molar-refractivity contribution in [2.75, 3.05) is 56.9 Å². The van der Waals surface area contributed by atoms with E-state index < -0.39 is 5.54 Å². The van der Waals surface area contributed by atoms with Crippen LogP contribution in [0.5, 0.6) is 0 Å². The first-order valence-corrected chi connectivity index (χ1v) is 14.2. The predicted octanol–water partition coefficient (Wildman–Crippen LogP) is 4.16. The molecular weight excluding hydrogens is 486 g/mol. The van der Waals surface area contributed by atoms with Crippen LogP contribution in [0.1, 0.15) is 43.0 Å². The number of benzene rings is 1. The Morgan fingerprint density at radius 1 is 0.897 bits per heavy atom. The molecule has 39 heavy (non-hydrogen) atoms. The Morgan fingerprint density at radius 3 is 2.46 bits per heavy atom. The van der Waals surface area contributed by atoms with Gasteiger partial charge < -0.3 is 15.5 Å². The Labute approximate surface area is 231 Å². The van der Waals surface area contributed by atoms with Gasteiger partial charge in [0.05, 0.1) is 17.6 Å². The molecule has 2 N–H and O–H groups in total. The number of aromatic nitrogens is 2. The van der Waals surface area contributed by atoms with E-state index in [4.69, 9.17) is 0 Å². The third-order valence-corrected chi connectivity index (χ3v) is 8.44. The first-order valence-electron chi connectivity index (χ1n) is 14.2. The van der Waals surface area contributed by atoms with E-state index in [1.807, 2.05) is 31.5 Å². The lowest BCUT2D eigenvalue weighted by atomic mass is 9.80. The summed E-state index contributed by atoms with van der Waals surface area (Å²) in [5, 5.41) is 6.44. The van der Waals surface area contributed by atoms with E-state index in [-0.39, 0.29) is 5.91 Å². The van der Waals surface area contributed by atoms with Crippen LogP contribution in [0.4, 0.5) is 11.4 Å². The number of hydrogen-bond acceptors (Lipinski definition) is 7. The summed E-state index contributed by atoms with van der Waals surface area (Å²) in [6.45, 7) is 10.4. The third kappa shape index (κ3) is 5.69. The molecule has 2 saturated heterocycles. The molecule has 2 aromatic heterocycles. The average molecular weight is 526 g/mol. The average Bonchev–Trinajstić information content (AvgIpc) is 2.95. The molecule has 8 nitrogen and oxygen atoms in total. The van der Waals surface area contributed by atoms with Gasteiger partial charge in [-0.05, 0) is 81.4 Å². The number of rotatable bonds is 7. The van der Waals surface area contributed by atoms with E-state index >= 15 is 0 Å². The smallest absolute Gasteiger partial charge is 0.254 e. The van der Waals surface area contributed by atoms with E-state index in [0.717, 1.165) is 86.1 Å². The summed E-state index contributed by atoms with van der Waals surface area (Å²) in [5.41, 5.74) is 6.32. The summed E-state index contributed by atoms with van der Waals surface area (Å²) in [5.74, 6) is -0.0836. The number of carbonyl (C=O) groups is 1. The van der Waals surface area contributed by atoms with E-state index in [0.29, 0.717) is 0 Å². The Kier molecular flexibility index (Phi) is 7.34. The van der Waals surface area contributed by atoms with Gasteiger partial charge in [0.2, 0.25) is 0 Å². The number of pyridine rings is 2. The van der Waals surface area contributed by atoms with Gasteiger partial charge in [-0.15, -0.1) is 0 Å². The molecule has 3 aliphatic rings. The van der Waals surface area contributed by atoms with Gasteiger partial charge in [0.1, 0.15) is 5.54 Å². The fourth-order valence-corrected chi connectivity index (χ4v) is 5.89. The number of nitrogens with one attached hydrogen (secondary N) is 2. The number of hydrogen-bond donors (Lipinski definition) is 2. The number of likely N-dealkylation sites (tertiary alicyclic amines) is 1. The number of carbonyl (C=O) groups excluding carboxylic acids is 1. The van der Waals surface area contributed by atoms with Gasteiger partial charge in [-0.25, -0.2) is 0 Å². The van der Waals surface area contributed by atoms with Crippen LogP contribution in [0.2, 0.25) is 0 Å². The maximum absolute atomic E-state index is 13.4. The van der Waals surface area contributed by atoms with Crippen LogP contribution < -0.4 is 10.6 Å². The number of nitrogens with zero attached hydrogens (tertiary/aromatic N) is 5. The van der Waals surface area contributed by atoms with E-state index in [9.17, 15) is 4.79 Å². The zero-order valence-corrected chi connectivity index (χ0v) is 23.1. The normalized spacial score (nSPS) is 22.0. The maximum atomic E-state index is 13.4. The number of likely N-dealkylation sites (N-methyl/N-ethyl adjacent to an activating group) is 1. The summed E-state index contributed by atoms with van der Waals surface area (Å²) >= 11 is 0. The first kappa shape index (κ1) is 25.9. The van der Waals surface area contributed by atoms with E-state index in [1.54, 1.807) is 6.20 Å². The zero-order chi connectivity index (χ0) is 26.8. The molecule has 0 spiro atoms. The lowest BCUT2D eigenvalue weighted by Gasteiger charge is -2.42. The van der Waals surface area contributed by atoms with Crippen molar-refractivity contribution in [2.24, 2.45) is 0 Å². The Morgan fingerprint density at radius 2 is 1.69 bits per heavy atom. The summed E-state index contributed by atoms with van der Waals surface area (Å²) in [7, 11) is 2.18. The van der Waals surface area contributed by atoms with Crippen molar-refractivity contribution in [2.45, 2.75) is 44.8 Å². The predicted molar refractivity (Wildman–Crippen MR) is 155 cm³/mol. The minimum Gasteiger partial charge on any atom is -0.367 e. The highest BCUT2D eigenvalue weighted by Crippen LogP contribution is 2.44. The fourth-order valence-electron chi connectivity index (χ4n) is 5.89. The highest BCUT2D eigenvalue weighted by molar-refractivity contribution is 6.05. The first-order chi connectivity index (χ1) is 19.0. The largest absolute Gasteiger partial charge is 0.367 e. The van der Waals surface area contributed by atoms with Crippen molar-refractivity contribution in [1.29, 1.82) is 0 Å². The van der Waals surface area contributed by atoms with Crippen LogP contribution in [0.3, 0.4) is 0 Å². The molecule has 1 aromatic carbocycles. The highest BCUT2D eigenvalue weighted by Gasteiger charge is 2.45. The SMILES string of the molecule is CN1CCN(Cc2cncc(-c3ccc4c(c3)C(C)(C(=O)Nc3ccc(CN5CCCCC5)nc3)N4)c2)CC1. The lowest BCUT2D eigenvalue weighted by Crippen LogP contribution is -2.51. The third-order valence-electron chi connectivity index (χ3n) is 8.44. The van der Waals surface area contributed by atoms with Crippen LogP contribution in [-0.2, 0) is 23.4 Å². The number of piperazine rings is 1. The van der Waals surface area contributed by atoms with Crippen molar-refractivity contribution in [3.05, 3.63) is 71.8 Å². The number of fused-ring (bicyclic) bond motifs is 1. The second-order valence-corrected chi connectivity index (χ2v) is 11.5. The van der Waals surface area contributed by atoms with Gasteiger partial charge in [-0.2, -0.15) is 0 Å². The summed E-state index contributed by atoms with van der Waals surface area (Å²) in [6.07, 6.45) is 9.51. The molecule has 204 valence electrons. The summed E-state index contributed by atoms with van der Waals surface area (Å²) in [6, 6.07) is 12.5. The number of anilines is 2. The van der Waals surface area contributed by atoms with Gasteiger partial charge in [0.25, 0.3) is 5.91 Å². The van der Waals surface area contributed by atoms with Gasteiger partial charge in [-0.3, -0.25) is 24.6 Å². The second kappa shape index (κ2) is 11.0. The van der Waals surface area contributed by atoms with E-state index in [2.05, 4.69) is 66.6 Å². The molecule has 3 aliphatic heterocycles. The fraction of sp³-hybridized carbons (Fsp3) is 0.452. The summed E-state index contributed by atoms with van der Waals surface area (Å²) < 4.78 is 0. The molecule has 6 rings (SSSR count). The van der Waals surface area contributed by atoms with Crippen molar-refractivity contribution in [3.8, 4) is 11.1 Å². The summed E-state index contributed by atoms with van der Waals surface area (Å²) in [4.78, 5) is 29.9. The van der Waals surface area contributed by atoms with Crippen LogP contribution in [0.15, 0.2) is 55.0 Å². The molecule has 2 fully saturated rings. The molecule has 1 atom stereocenters. The number of amides is 1. The maximum Gasteiger partial charge on any atom is 0.254 e. The van der Waals surface area contributed by atoms with Crippen LogP contribution in [0.25, 0.3) is 11.1 Å². The quantitative estimate of drug-likeness (QED) is 0.480. The monoisotopic (exact) mass is 525 g/mol. The number of piperidine rings is 1. The minimum atomic E-state index is -0.803. The molecule has 5 heterocycles. The van der Waals surface area contributed by atoms with Crippen LogP contribution >= 0.6 is 0 Å². The highest BCUT2D eigenvalue weighted by atomic mass is 16.2. The molecule has 8 heteroatoms. The molecule has 0 bridgehead atoms. The molecule has 0 radical (unpaired) electrons. The van der Waals surface area contributed by atoms with Gasteiger partial charge in [0, 0.05) is 68.5 Å². The Balaban J connectivity index is 1.12. The van der Waals surface area contributed by atoms with E-state index in [1.165, 1.54) is 24.8 Å². The van der Waals surface area contributed by atoms with Gasteiger partial charge in [0.15, 0.2) is 0 Å². The van der Waals surface area contributed by atoms with Crippen molar-refractivity contribution >= 4 is 17.3 Å². The van der Waals surface area contributed by atoms with Gasteiger partial charge >= 0.3 is 0 Å². The van der Waals surface area contributed by atoms with Crippen LogP contribution in [-0.4, -0.2) is 76.9 Å². The molecule has 3 aromatic rings. The Bertz CT molecular complexity index is 1310. The molecule has 1 amide bonds. The minimum absolute atomic E-state index is 0.0836. The van der Waals surface area contributed by atoms with Crippen LogP contribution in [0, 0.1) is 0 Å². The van der Waals surface area contributed by atoms with Gasteiger partial charge in [-0.1, -0.05) is 12.5 Å². The Hall–Kier alpha value is -3.33. The van der Waals surface area contributed by atoms with Crippen molar-refractivity contribution in [3.63, 3.8) is 0 Å². The standard InChI is InChI=1S/C31H39N7O/c1-31(30(39)34-26-7-8-27(33-20-26)22-37-10-4-3-5-11-37)28-17-24(6-9-29(28)35-31)25-16-23(18-32-19-25)21-38-14-12-36(2)13-15-38/h6-9,16-20,35H,3-5,10-15,21-22H2,1-2H3,(H,34,39). The topological polar surface area (TPSA) is 76.6 Å². The molecule has 1 unspecified atom stereocenters. The molecular formula is C31H39N7O. The second-order valence-electron chi connectivity index (χ2n) is 11.5. The van der Waals surface area contributed by atoms with Crippen molar-refractivity contribution in [1.82, 2.24) is 24.7 Å². The lowest BCUT2D eigenvalue weighted by molar-refractivity contribution is -0.120. The van der Waals surface area contributed by atoms with Crippen molar-refractivity contribution < 1.29 is 4.79 Å². The molecule has 0 saturated carbocycles. The molecule has 0 aliphatic carbocycles.